The van der Waals surface area contributed by atoms with Gasteiger partial charge in [-0.2, -0.15) is 0 Å². The lowest BCUT2D eigenvalue weighted by atomic mass is 10.7. The van der Waals surface area contributed by atoms with Gasteiger partial charge in [0.2, 0.25) is 0 Å². The molecule has 0 aliphatic rings. The Labute approximate surface area is 82.6 Å². The molecule has 0 fully saturated rings. The van der Waals surface area contributed by atoms with E-state index in [1.54, 1.807) is 0 Å². The van der Waals surface area contributed by atoms with E-state index in [2.05, 4.69) is 15.9 Å². The van der Waals surface area contributed by atoms with Gasteiger partial charge in [-0.05, 0) is 20.8 Å². The molecule has 0 aromatic rings. The maximum absolute atomic E-state index is 9.13. The Balaban J connectivity index is 0. The lowest BCUT2D eigenvalue weighted by molar-refractivity contribution is -0.123. The quantitative estimate of drug-likeness (QED) is 0.419. The Kier molecular flexibility index (Phi) is 16.6. The molecule has 0 atom stereocenters. The van der Waals surface area contributed by atoms with Crippen molar-refractivity contribution >= 4 is 22.2 Å². The van der Waals surface area contributed by atoms with Gasteiger partial charge >= 0.3 is 0 Å². The minimum Gasteiger partial charge on any atom is -0.353 e. The Hall–Kier alpha value is 0.0700. The maximum atomic E-state index is 9.13. The molecule has 3 nitrogen and oxygen atoms in total. The summed E-state index contributed by atoms with van der Waals surface area (Å²) in [4.78, 5) is 9.13. The minimum absolute atomic E-state index is 0.0370. The van der Waals surface area contributed by atoms with E-state index in [1.807, 2.05) is 20.8 Å². The van der Waals surface area contributed by atoms with Crippen LogP contribution in [-0.4, -0.2) is 31.1 Å². The molecule has 0 rings (SSSR count). The van der Waals surface area contributed by atoms with Crippen molar-refractivity contribution in [3.63, 3.8) is 0 Å². The maximum Gasteiger partial charge on any atom is 0.154 e. The minimum atomic E-state index is -0.0370. The number of rotatable bonds is 5. The molecular weight excluding hydrogens is 224 g/mol. The molecule has 0 aliphatic heterocycles. The summed E-state index contributed by atoms with van der Waals surface area (Å²) in [6.45, 7) is 7.25. The van der Waals surface area contributed by atoms with E-state index in [9.17, 15) is 0 Å². The number of hydrogen-bond acceptors (Lipinski definition) is 3. The highest BCUT2D eigenvalue weighted by Gasteiger charge is 1.94. The van der Waals surface area contributed by atoms with E-state index in [-0.39, 0.29) is 6.29 Å². The largest absolute Gasteiger partial charge is 0.353 e. The molecule has 0 saturated heterocycles. The zero-order chi connectivity index (χ0) is 9.82. The normalized spacial score (nSPS) is 9.08. The summed E-state index contributed by atoms with van der Waals surface area (Å²) in [6.07, 6.45) is 0.755. The van der Waals surface area contributed by atoms with E-state index in [0.29, 0.717) is 5.33 Å². The highest BCUT2D eigenvalue weighted by molar-refractivity contribution is 9.09. The summed E-state index contributed by atoms with van der Waals surface area (Å²) in [5.41, 5.74) is 0. The standard InChI is InChI=1S/C6H14O2.C2H3BrO/c1-4-7-6(3)8-5-2;3-1-2-4/h6H,4-5H2,1-3H3;2H,1H2. The van der Waals surface area contributed by atoms with Crippen molar-refractivity contribution in [2.45, 2.75) is 27.1 Å². The van der Waals surface area contributed by atoms with Gasteiger partial charge in [-0.15, -0.1) is 0 Å². The van der Waals surface area contributed by atoms with Crippen molar-refractivity contribution in [1.29, 1.82) is 0 Å². The smallest absolute Gasteiger partial charge is 0.154 e. The van der Waals surface area contributed by atoms with Gasteiger partial charge in [-0.25, -0.2) is 0 Å². The summed E-state index contributed by atoms with van der Waals surface area (Å²) in [7, 11) is 0. The summed E-state index contributed by atoms with van der Waals surface area (Å²) < 4.78 is 10.1. The van der Waals surface area contributed by atoms with Gasteiger partial charge in [0.25, 0.3) is 0 Å². The number of hydrogen-bond donors (Lipinski definition) is 0. The third-order valence-electron chi connectivity index (χ3n) is 0.866. The summed E-state index contributed by atoms with van der Waals surface area (Å²) in [6, 6.07) is 0. The Bertz CT molecular complexity index is 82.4. The van der Waals surface area contributed by atoms with Gasteiger partial charge < -0.3 is 14.3 Å². The molecule has 0 radical (unpaired) electrons. The van der Waals surface area contributed by atoms with E-state index in [0.717, 1.165) is 19.5 Å². The van der Waals surface area contributed by atoms with E-state index in [4.69, 9.17) is 14.3 Å². The van der Waals surface area contributed by atoms with Crippen molar-refractivity contribution in [2.24, 2.45) is 0 Å². The molecule has 0 aromatic carbocycles. The average Bonchev–Trinajstić information content (AvgIpc) is 2.06. The topological polar surface area (TPSA) is 35.5 Å². The Morgan fingerprint density at radius 2 is 1.67 bits per heavy atom. The lowest BCUT2D eigenvalue weighted by Crippen LogP contribution is -2.11. The van der Waals surface area contributed by atoms with Crippen molar-refractivity contribution in [2.75, 3.05) is 18.5 Å². The zero-order valence-electron chi connectivity index (χ0n) is 7.88. The van der Waals surface area contributed by atoms with Gasteiger partial charge in [0.1, 0.15) is 6.29 Å². The summed E-state index contributed by atoms with van der Waals surface area (Å²) in [5.74, 6) is 0. The average molecular weight is 241 g/mol. The lowest BCUT2D eigenvalue weighted by Gasteiger charge is -2.09. The monoisotopic (exact) mass is 240 g/mol. The van der Waals surface area contributed by atoms with Crippen LogP contribution in [0.2, 0.25) is 0 Å². The Morgan fingerprint density at radius 3 is 1.83 bits per heavy atom. The first-order chi connectivity index (χ1) is 5.72. The predicted molar refractivity (Wildman–Crippen MR) is 52.6 cm³/mol. The van der Waals surface area contributed by atoms with E-state index < -0.39 is 0 Å². The number of aldehydes is 1. The fourth-order valence-corrected chi connectivity index (χ4v) is 0.518. The zero-order valence-corrected chi connectivity index (χ0v) is 9.46. The first kappa shape index (κ1) is 14.6. The first-order valence-corrected chi connectivity index (χ1v) is 5.07. The molecule has 0 amide bonds. The van der Waals surface area contributed by atoms with Crippen molar-refractivity contribution in [1.82, 2.24) is 0 Å². The highest BCUT2D eigenvalue weighted by Crippen LogP contribution is 1.90. The highest BCUT2D eigenvalue weighted by atomic mass is 79.9. The van der Waals surface area contributed by atoms with Gasteiger partial charge in [-0.3, -0.25) is 0 Å². The molecule has 0 heterocycles. The molecular formula is C8H17BrO3. The molecule has 0 spiro atoms. The van der Waals surface area contributed by atoms with Gasteiger partial charge in [0.05, 0.1) is 5.33 Å². The van der Waals surface area contributed by atoms with Gasteiger partial charge in [-0.1, -0.05) is 15.9 Å². The van der Waals surface area contributed by atoms with Crippen LogP contribution in [0.3, 0.4) is 0 Å². The summed E-state index contributed by atoms with van der Waals surface area (Å²) in [5, 5.41) is 0.451. The van der Waals surface area contributed by atoms with Crippen LogP contribution in [0.25, 0.3) is 0 Å². The van der Waals surface area contributed by atoms with Gasteiger partial charge in [0, 0.05) is 13.2 Å². The number of carbonyl (C=O) groups is 1. The molecule has 4 heteroatoms. The third-order valence-corrected chi connectivity index (χ3v) is 1.13. The van der Waals surface area contributed by atoms with Crippen LogP contribution in [-0.2, 0) is 14.3 Å². The van der Waals surface area contributed by atoms with Crippen molar-refractivity contribution in [3.8, 4) is 0 Å². The molecule has 74 valence electrons. The summed E-state index contributed by atoms with van der Waals surface area (Å²) >= 11 is 2.88. The predicted octanol–water partition coefficient (Wildman–Crippen LogP) is 1.99. The van der Waals surface area contributed by atoms with Crippen LogP contribution in [0, 0.1) is 0 Å². The van der Waals surface area contributed by atoms with E-state index in [1.165, 1.54) is 0 Å². The molecule has 0 saturated carbocycles. The number of carbonyl (C=O) groups excluding carboxylic acids is 1. The molecule has 0 aliphatic carbocycles. The van der Waals surface area contributed by atoms with Crippen molar-refractivity contribution < 1.29 is 14.3 Å². The molecule has 0 unspecified atom stereocenters. The van der Waals surface area contributed by atoms with Crippen molar-refractivity contribution in [3.05, 3.63) is 0 Å². The van der Waals surface area contributed by atoms with Crippen LogP contribution in [0.15, 0.2) is 0 Å². The van der Waals surface area contributed by atoms with Crippen LogP contribution in [0.4, 0.5) is 0 Å². The van der Waals surface area contributed by atoms with Crippen LogP contribution in [0.1, 0.15) is 20.8 Å². The molecule has 0 bridgehead atoms. The SMILES string of the molecule is CCOC(C)OCC.O=CCBr. The van der Waals surface area contributed by atoms with Crippen LogP contribution >= 0.6 is 15.9 Å². The molecule has 0 N–H and O–H groups in total. The first-order valence-electron chi connectivity index (χ1n) is 3.95. The van der Waals surface area contributed by atoms with Crippen LogP contribution in [0.5, 0.6) is 0 Å². The fourth-order valence-electron chi connectivity index (χ4n) is 0.518. The number of halogens is 1. The molecule has 12 heavy (non-hydrogen) atoms. The number of ether oxygens (including phenoxy) is 2. The fraction of sp³-hybridized carbons (Fsp3) is 0.875. The number of alkyl halides is 1. The third kappa shape index (κ3) is 16.6. The second-order valence-electron chi connectivity index (χ2n) is 1.80. The second-order valence-corrected chi connectivity index (χ2v) is 2.45. The van der Waals surface area contributed by atoms with Crippen LogP contribution < -0.4 is 0 Å². The van der Waals surface area contributed by atoms with E-state index >= 15 is 0 Å². The Morgan fingerprint density at radius 1 is 1.33 bits per heavy atom. The second kappa shape index (κ2) is 13.6. The van der Waals surface area contributed by atoms with Gasteiger partial charge in [0.15, 0.2) is 6.29 Å². The molecule has 0 aromatic heterocycles.